The van der Waals surface area contributed by atoms with Gasteiger partial charge in [-0.25, -0.2) is 4.98 Å². The van der Waals surface area contributed by atoms with Crippen LogP contribution in [0.5, 0.6) is 0 Å². The average molecular weight is 273 g/mol. The van der Waals surface area contributed by atoms with Gasteiger partial charge in [-0.05, 0) is 39.8 Å². The van der Waals surface area contributed by atoms with Gasteiger partial charge in [0.05, 0.1) is 11.3 Å². The van der Waals surface area contributed by atoms with Crippen LogP contribution >= 0.6 is 0 Å². The number of para-hydroxylation sites is 1. The van der Waals surface area contributed by atoms with Gasteiger partial charge in [-0.3, -0.25) is 4.57 Å². The SMILES string of the molecule is CCOC(C)(C)CNc1nc(C)cn1-c1ccccc1. The summed E-state index contributed by atoms with van der Waals surface area (Å²) in [5, 5.41) is 3.38. The van der Waals surface area contributed by atoms with Gasteiger partial charge in [-0.1, -0.05) is 18.2 Å². The minimum atomic E-state index is -0.212. The van der Waals surface area contributed by atoms with Crippen molar-refractivity contribution in [2.75, 3.05) is 18.5 Å². The quantitative estimate of drug-likeness (QED) is 0.876. The molecule has 2 rings (SSSR count). The average Bonchev–Trinajstić information content (AvgIpc) is 2.79. The van der Waals surface area contributed by atoms with Gasteiger partial charge in [0.1, 0.15) is 0 Å². The molecule has 4 nitrogen and oxygen atoms in total. The molecule has 108 valence electrons. The van der Waals surface area contributed by atoms with Crippen LogP contribution in [0, 0.1) is 6.92 Å². The molecule has 0 atom stereocenters. The first-order valence-electron chi connectivity index (χ1n) is 7.01. The van der Waals surface area contributed by atoms with E-state index < -0.39 is 0 Å². The summed E-state index contributed by atoms with van der Waals surface area (Å²) in [6.07, 6.45) is 2.03. The second kappa shape index (κ2) is 6.09. The van der Waals surface area contributed by atoms with E-state index in [-0.39, 0.29) is 5.60 Å². The number of hydrogen-bond acceptors (Lipinski definition) is 3. The summed E-state index contributed by atoms with van der Waals surface area (Å²) in [7, 11) is 0. The fourth-order valence-electron chi connectivity index (χ4n) is 2.14. The van der Waals surface area contributed by atoms with Crippen LogP contribution in [0.2, 0.25) is 0 Å². The van der Waals surface area contributed by atoms with Crippen molar-refractivity contribution >= 4 is 5.95 Å². The van der Waals surface area contributed by atoms with Gasteiger partial charge in [0.15, 0.2) is 0 Å². The Labute approximate surface area is 120 Å². The van der Waals surface area contributed by atoms with Gasteiger partial charge in [-0.15, -0.1) is 0 Å². The molecule has 0 bridgehead atoms. The molecule has 20 heavy (non-hydrogen) atoms. The van der Waals surface area contributed by atoms with Gasteiger partial charge < -0.3 is 10.1 Å². The van der Waals surface area contributed by atoms with E-state index in [0.717, 1.165) is 17.3 Å². The van der Waals surface area contributed by atoms with Crippen molar-refractivity contribution in [3.05, 3.63) is 42.2 Å². The van der Waals surface area contributed by atoms with E-state index >= 15 is 0 Å². The first-order chi connectivity index (χ1) is 9.52. The van der Waals surface area contributed by atoms with Gasteiger partial charge in [0.25, 0.3) is 0 Å². The Kier molecular flexibility index (Phi) is 4.45. The lowest BCUT2D eigenvalue weighted by Crippen LogP contribution is -2.34. The van der Waals surface area contributed by atoms with Gasteiger partial charge >= 0.3 is 0 Å². The summed E-state index contributed by atoms with van der Waals surface area (Å²) >= 11 is 0. The molecule has 0 aliphatic carbocycles. The molecule has 1 heterocycles. The molecule has 0 radical (unpaired) electrons. The maximum absolute atomic E-state index is 5.70. The lowest BCUT2D eigenvalue weighted by Gasteiger charge is -2.25. The van der Waals surface area contributed by atoms with E-state index in [1.807, 2.05) is 38.2 Å². The molecule has 0 aliphatic heterocycles. The van der Waals surface area contributed by atoms with E-state index in [4.69, 9.17) is 4.74 Å². The second-order valence-corrected chi connectivity index (χ2v) is 5.46. The standard InChI is InChI=1S/C16H23N3O/c1-5-20-16(3,4)12-17-15-18-13(2)11-19(15)14-9-7-6-8-10-14/h6-11H,5,12H2,1-4H3,(H,17,18). The normalized spacial score (nSPS) is 11.6. The summed E-state index contributed by atoms with van der Waals surface area (Å²) in [5.74, 6) is 0.849. The highest BCUT2D eigenvalue weighted by molar-refractivity contribution is 5.43. The zero-order valence-corrected chi connectivity index (χ0v) is 12.7. The van der Waals surface area contributed by atoms with Crippen LogP contribution in [0.15, 0.2) is 36.5 Å². The minimum Gasteiger partial charge on any atom is -0.374 e. The van der Waals surface area contributed by atoms with Crippen molar-refractivity contribution in [2.45, 2.75) is 33.3 Å². The number of nitrogens with one attached hydrogen (secondary N) is 1. The molecule has 4 heteroatoms. The largest absolute Gasteiger partial charge is 0.374 e. The number of rotatable bonds is 6. The lowest BCUT2D eigenvalue weighted by atomic mass is 10.1. The number of hydrogen-bond donors (Lipinski definition) is 1. The Balaban J connectivity index is 2.17. The van der Waals surface area contributed by atoms with Crippen LogP contribution in [0.3, 0.4) is 0 Å². The molecule has 0 spiro atoms. The maximum atomic E-state index is 5.70. The number of ether oxygens (including phenoxy) is 1. The molecule has 1 N–H and O–H groups in total. The topological polar surface area (TPSA) is 39.1 Å². The Morgan fingerprint density at radius 2 is 1.95 bits per heavy atom. The van der Waals surface area contributed by atoms with Crippen LogP contribution in [-0.4, -0.2) is 28.3 Å². The van der Waals surface area contributed by atoms with E-state index in [9.17, 15) is 0 Å². The number of aryl methyl sites for hydroxylation is 1. The number of aromatic nitrogens is 2. The van der Waals surface area contributed by atoms with E-state index in [1.165, 1.54) is 0 Å². The van der Waals surface area contributed by atoms with E-state index in [0.29, 0.717) is 13.2 Å². The van der Waals surface area contributed by atoms with Crippen molar-refractivity contribution in [2.24, 2.45) is 0 Å². The van der Waals surface area contributed by atoms with Crippen LogP contribution in [0.25, 0.3) is 5.69 Å². The predicted molar refractivity (Wildman–Crippen MR) is 82.5 cm³/mol. The fraction of sp³-hybridized carbons (Fsp3) is 0.438. The fourth-order valence-corrected chi connectivity index (χ4v) is 2.14. The van der Waals surface area contributed by atoms with Crippen molar-refractivity contribution in [1.29, 1.82) is 0 Å². The smallest absolute Gasteiger partial charge is 0.207 e. The zero-order valence-electron chi connectivity index (χ0n) is 12.7. The van der Waals surface area contributed by atoms with Gasteiger partial charge in [0.2, 0.25) is 5.95 Å². The van der Waals surface area contributed by atoms with Crippen LogP contribution < -0.4 is 5.32 Å². The van der Waals surface area contributed by atoms with Crippen LogP contribution in [0.1, 0.15) is 26.5 Å². The monoisotopic (exact) mass is 273 g/mol. The molecular formula is C16H23N3O. The van der Waals surface area contributed by atoms with Crippen molar-refractivity contribution in [1.82, 2.24) is 9.55 Å². The zero-order chi connectivity index (χ0) is 14.6. The first kappa shape index (κ1) is 14.6. The highest BCUT2D eigenvalue weighted by atomic mass is 16.5. The molecule has 0 saturated heterocycles. The molecule has 0 amide bonds. The number of benzene rings is 1. The Hall–Kier alpha value is -1.81. The van der Waals surface area contributed by atoms with Crippen molar-refractivity contribution < 1.29 is 4.74 Å². The maximum Gasteiger partial charge on any atom is 0.207 e. The third-order valence-electron chi connectivity index (χ3n) is 3.07. The summed E-state index contributed by atoms with van der Waals surface area (Å²) in [6, 6.07) is 10.2. The number of anilines is 1. The second-order valence-electron chi connectivity index (χ2n) is 5.46. The van der Waals surface area contributed by atoms with Crippen LogP contribution in [-0.2, 0) is 4.74 Å². The molecule has 2 aromatic rings. The Bertz CT molecular complexity index is 546. The van der Waals surface area contributed by atoms with Crippen molar-refractivity contribution in [3.8, 4) is 5.69 Å². The van der Waals surface area contributed by atoms with Crippen molar-refractivity contribution in [3.63, 3.8) is 0 Å². The van der Waals surface area contributed by atoms with Gasteiger partial charge in [0, 0.05) is 25.0 Å². The third-order valence-corrected chi connectivity index (χ3v) is 3.07. The molecule has 0 aliphatic rings. The Morgan fingerprint density at radius 1 is 1.25 bits per heavy atom. The first-order valence-corrected chi connectivity index (χ1v) is 7.01. The molecule has 0 fully saturated rings. The molecule has 0 unspecified atom stereocenters. The van der Waals surface area contributed by atoms with Gasteiger partial charge in [-0.2, -0.15) is 0 Å². The molecule has 0 saturated carbocycles. The van der Waals surface area contributed by atoms with E-state index in [1.54, 1.807) is 0 Å². The predicted octanol–water partition coefficient (Wildman–Crippen LogP) is 3.41. The summed E-state index contributed by atoms with van der Waals surface area (Å²) in [5.41, 5.74) is 1.88. The Morgan fingerprint density at radius 3 is 2.60 bits per heavy atom. The van der Waals surface area contributed by atoms with Crippen LogP contribution in [0.4, 0.5) is 5.95 Å². The summed E-state index contributed by atoms with van der Waals surface area (Å²) < 4.78 is 7.77. The highest BCUT2D eigenvalue weighted by Gasteiger charge is 2.18. The summed E-state index contributed by atoms with van der Waals surface area (Å²) in [4.78, 5) is 4.55. The summed E-state index contributed by atoms with van der Waals surface area (Å²) in [6.45, 7) is 9.58. The lowest BCUT2D eigenvalue weighted by molar-refractivity contribution is 0.000566. The highest BCUT2D eigenvalue weighted by Crippen LogP contribution is 2.18. The van der Waals surface area contributed by atoms with E-state index in [2.05, 4.69) is 40.8 Å². The minimum absolute atomic E-state index is 0.212. The molecular weight excluding hydrogens is 250 g/mol. The molecule has 1 aromatic carbocycles. The third kappa shape index (κ3) is 3.61. The number of nitrogens with zero attached hydrogens (tertiary/aromatic N) is 2. The number of imidazole rings is 1. The molecule has 1 aromatic heterocycles.